The summed E-state index contributed by atoms with van der Waals surface area (Å²) >= 11 is 1.82. The number of hydrogen-bond acceptors (Lipinski definition) is 4. The Morgan fingerprint density at radius 2 is 1.58 bits per heavy atom. The fourth-order valence-electron chi connectivity index (χ4n) is 2.27. The molecule has 6 heteroatoms. The van der Waals surface area contributed by atoms with Crippen molar-refractivity contribution < 1.29 is 17.4 Å². The number of aromatic nitrogens is 1. The topological polar surface area (TPSA) is 61.3 Å². The highest BCUT2D eigenvalue weighted by atomic mass is 32.2. The van der Waals surface area contributed by atoms with Crippen molar-refractivity contribution >= 4 is 36.5 Å². The average Bonchev–Trinajstić information content (AvgIpc) is 2.94. The number of benzene rings is 2. The summed E-state index contributed by atoms with van der Waals surface area (Å²) in [5.74, 6) is 0. The minimum Gasteiger partial charge on any atom is -0.744 e. The van der Waals surface area contributed by atoms with Gasteiger partial charge in [0.15, 0.2) is 6.20 Å². The number of para-hydroxylation sites is 1. The Kier molecular flexibility index (Phi) is 4.62. The molecule has 0 aliphatic carbocycles. The standard InChI is InChI=1S/C11H8NS.C7H8O3S/c1-2-6-10-9(5-1)12-8-4-3-7-11(12)13-10;1-6-2-4-7(5-3-6)11(8,9)10/h1-8H;2-5H,1H3,(H,8,9,10)/q+1;/p-1. The zero-order valence-corrected chi connectivity index (χ0v) is 14.5. The van der Waals surface area contributed by atoms with Crippen molar-refractivity contribution in [1.82, 2.24) is 0 Å². The highest BCUT2D eigenvalue weighted by Crippen LogP contribution is 2.19. The van der Waals surface area contributed by atoms with E-state index in [0.29, 0.717) is 0 Å². The van der Waals surface area contributed by atoms with Gasteiger partial charge in [-0.05, 0) is 31.2 Å². The zero-order chi connectivity index (χ0) is 17.2. The lowest BCUT2D eigenvalue weighted by Gasteiger charge is -2.05. The van der Waals surface area contributed by atoms with Crippen LogP contribution in [-0.4, -0.2) is 13.0 Å². The van der Waals surface area contributed by atoms with Crippen LogP contribution < -0.4 is 4.40 Å². The van der Waals surface area contributed by atoms with Crippen LogP contribution in [0.1, 0.15) is 5.56 Å². The number of pyridine rings is 1. The molecule has 0 bridgehead atoms. The van der Waals surface area contributed by atoms with Crippen LogP contribution in [0.25, 0.3) is 15.0 Å². The molecule has 2 heterocycles. The van der Waals surface area contributed by atoms with Gasteiger partial charge in [-0.3, -0.25) is 0 Å². The van der Waals surface area contributed by atoms with E-state index in [0.717, 1.165) is 5.56 Å². The van der Waals surface area contributed by atoms with Crippen LogP contribution >= 0.6 is 11.3 Å². The second-order valence-corrected chi connectivity index (χ2v) is 7.69. The number of nitrogens with zero attached hydrogens (tertiary/aromatic N) is 1. The molecule has 0 saturated heterocycles. The summed E-state index contributed by atoms with van der Waals surface area (Å²) < 4.78 is 34.7. The predicted octanol–water partition coefficient (Wildman–Crippen LogP) is 3.54. The molecule has 0 saturated carbocycles. The Bertz CT molecular complexity index is 1030. The maximum atomic E-state index is 10.4. The third-order valence-corrected chi connectivity index (χ3v) is 5.43. The average molecular weight is 357 g/mol. The molecule has 0 fully saturated rings. The van der Waals surface area contributed by atoms with Gasteiger partial charge in [0.25, 0.3) is 4.83 Å². The van der Waals surface area contributed by atoms with E-state index >= 15 is 0 Å². The van der Waals surface area contributed by atoms with Gasteiger partial charge in [0.1, 0.15) is 14.8 Å². The fraction of sp³-hybridized carbons (Fsp3) is 0.0556. The van der Waals surface area contributed by atoms with Gasteiger partial charge in [0, 0.05) is 18.2 Å². The lowest BCUT2D eigenvalue weighted by Crippen LogP contribution is -2.17. The summed E-state index contributed by atoms with van der Waals surface area (Å²) in [5, 5.41) is 0. The van der Waals surface area contributed by atoms with Gasteiger partial charge in [-0.25, -0.2) is 8.42 Å². The molecule has 4 aromatic rings. The fourth-order valence-corrected chi connectivity index (χ4v) is 3.79. The molecule has 122 valence electrons. The van der Waals surface area contributed by atoms with E-state index in [-0.39, 0.29) is 4.90 Å². The van der Waals surface area contributed by atoms with Crippen molar-refractivity contribution in [1.29, 1.82) is 0 Å². The van der Waals surface area contributed by atoms with Crippen LogP contribution in [-0.2, 0) is 10.1 Å². The molecule has 0 N–H and O–H groups in total. The van der Waals surface area contributed by atoms with Gasteiger partial charge in [0.2, 0.25) is 5.52 Å². The van der Waals surface area contributed by atoms with Crippen LogP contribution in [0.15, 0.2) is 77.8 Å². The summed E-state index contributed by atoms with van der Waals surface area (Å²) in [7, 11) is -4.27. The SMILES string of the molecule is Cc1ccc(S(=O)(=O)[O-])cc1.c1ccc2c(c1)sc1cccc[n+]12. The van der Waals surface area contributed by atoms with E-state index in [1.54, 1.807) is 12.1 Å². The minimum atomic E-state index is -4.27. The summed E-state index contributed by atoms with van der Waals surface area (Å²) in [4.78, 5) is 1.12. The van der Waals surface area contributed by atoms with Crippen LogP contribution in [0.3, 0.4) is 0 Å². The summed E-state index contributed by atoms with van der Waals surface area (Å²) in [5.41, 5.74) is 2.22. The van der Waals surface area contributed by atoms with E-state index in [1.807, 2.05) is 18.3 Å². The van der Waals surface area contributed by atoms with Crippen molar-refractivity contribution in [3.63, 3.8) is 0 Å². The first kappa shape index (κ1) is 16.6. The van der Waals surface area contributed by atoms with Crippen molar-refractivity contribution in [3.8, 4) is 0 Å². The summed E-state index contributed by atoms with van der Waals surface area (Å²) in [6.07, 6.45) is 2.11. The molecule has 0 aliphatic rings. The molecular weight excluding hydrogens is 342 g/mol. The van der Waals surface area contributed by atoms with Crippen molar-refractivity contribution in [2.75, 3.05) is 0 Å². The van der Waals surface area contributed by atoms with Gasteiger partial charge in [-0.15, -0.1) is 0 Å². The van der Waals surface area contributed by atoms with Gasteiger partial charge >= 0.3 is 0 Å². The smallest absolute Gasteiger partial charge is 0.268 e. The molecule has 4 rings (SSSR count). The highest BCUT2D eigenvalue weighted by molar-refractivity contribution is 7.85. The van der Waals surface area contributed by atoms with Crippen LogP contribution in [0.5, 0.6) is 0 Å². The molecule has 0 aliphatic heterocycles. The molecular formula is C18H15NO3S2. The summed E-state index contributed by atoms with van der Waals surface area (Å²) in [6, 6.07) is 20.5. The van der Waals surface area contributed by atoms with Crippen LogP contribution in [0, 0.1) is 6.92 Å². The van der Waals surface area contributed by atoms with Gasteiger partial charge in [0.05, 0.1) is 4.90 Å². The predicted molar refractivity (Wildman–Crippen MR) is 94.1 cm³/mol. The highest BCUT2D eigenvalue weighted by Gasteiger charge is 2.10. The third-order valence-electron chi connectivity index (χ3n) is 3.47. The molecule has 24 heavy (non-hydrogen) atoms. The first-order valence-electron chi connectivity index (χ1n) is 7.26. The minimum absolute atomic E-state index is 0.178. The normalized spacial score (nSPS) is 11.2. The Labute approximate surface area is 144 Å². The van der Waals surface area contributed by atoms with Crippen molar-refractivity contribution in [3.05, 3.63) is 78.5 Å². The summed E-state index contributed by atoms with van der Waals surface area (Å²) in [6.45, 7) is 1.82. The Balaban J connectivity index is 0.000000144. The molecule has 0 spiro atoms. The monoisotopic (exact) mass is 357 g/mol. The number of hydrogen-bond donors (Lipinski definition) is 0. The lowest BCUT2D eigenvalue weighted by molar-refractivity contribution is -0.477. The first-order valence-corrected chi connectivity index (χ1v) is 9.48. The van der Waals surface area contributed by atoms with Gasteiger partial charge in [-0.2, -0.15) is 4.40 Å². The second-order valence-electron chi connectivity index (χ2n) is 5.25. The van der Waals surface area contributed by atoms with Crippen molar-refractivity contribution in [2.45, 2.75) is 11.8 Å². The molecule has 0 amide bonds. The maximum Gasteiger partial charge on any atom is 0.268 e. The van der Waals surface area contributed by atoms with E-state index in [1.165, 1.54) is 27.2 Å². The number of thiazole rings is 1. The van der Waals surface area contributed by atoms with Crippen molar-refractivity contribution in [2.24, 2.45) is 0 Å². The quantitative estimate of drug-likeness (QED) is 0.387. The van der Waals surface area contributed by atoms with E-state index < -0.39 is 10.1 Å². The molecule has 0 atom stereocenters. The lowest BCUT2D eigenvalue weighted by atomic mass is 10.2. The number of rotatable bonds is 1. The van der Waals surface area contributed by atoms with E-state index in [2.05, 4.69) is 53.1 Å². The first-order chi connectivity index (χ1) is 11.4. The van der Waals surface area contributed by atoms with Crippen LogP contribution in [0.4, 0.5) is 0 Å². The Morgan fingerprint density at radius 3 is 2.29 bits per heavy atom. The third kappa shape index (κ3) is 3.62. The molecule has 0 unspecified atom stereocenters. The van der Waals surface area contributed by atoms with Crippen LogP contribution in [0.2, 0.25) is 0 Å². The molecule has 4 nitrogen and oxygen atoms in total. The second kappa shape index (κ2) is 6.68. The number of aryl methyl sites for hydroxylation is 1. The maximum absolute atomic E-state index is 10.4. The Morgan fingerprint density at radius 1 is 0.917 bits per heavy atom. The largest absolute Gasteiger partial charge is 0.744 e. The Hall–Kier alpha value is -2.28. The molecule has 0 radical (unpaired) electrons. The number of fused-ring (bicyclic) bond motifs is 3. The zero-order valence-electron chi connectivity index (χ0n) is 12.9. The van der Waals surface area contributed by atoms with Gasteiger partial charge < -0.3 is 4.55 Å². The van der Waals surface area contributed by atoms with E-state index in [9.17, 15) is 13.0 Å². The molecule has 2 aromatic heterocycles. The van der Waals surface area contributed by atoms with E-state index in [4.69, 9.17) is 0 Å². The van der Waals surface area contributed by atoms with Gasteiger partial charge in [-0.1, -0.05) is 41.2 Å². The molecule has 2 aromatic carbocycles.